The Balaban J connectivity index is 1.74. The second kappa shape index (κ2) is 10.9. The van der Waals surface area contributed by atoms with E-state index in [1.807, 2.05) is 0 Å². The van der Waals surface area contributed by atoms with Crippen LogP contribution < -0.4 is 5.32 Å². The van der Waals surface area contributed by atoms with Crippen molar-refractivity contribution < 1.29 is 32.2 Å². The quantitative estimate of drug-likeness (QED) is 0.391. The van der Waals surface area contributed by atoms with Crippen LogP contribution in [0, 0.1) is 5.82 Å². The van der Waals surface area contributed by atoms with Crippen LogP contribution in [0.25, 0.3) is 5.57 Å². The van der Waals surface area contributed by atoms with Crippen molar-refractivity contribution in [1.29, 1.82) is 0 Å². The van der Waals surface area contributed by atoms with E-state index >= 15 is 0 Å². The molecule has 2 aliphatic heterocycles. The van der Waals surface area contributed by atoms with Gasteiger partial charge < -0.3 is 19.7 Å². The van der Waals surface area contributed by atoms with Crippen LogP contribution in [0.1, 0.15) is 42.2 Å². The zero-order chi connectivity index (χ0) is 28.6. The summed E-state index contributed by atoms with van der Waals surface area (Å²) in [4.78, 5) is 35.3. The Morgan fingerprint density at radius 2 is 2.12 bits per heavy atom. The smallest absolute Gasteiger partial charge is 0.407 e. The molecule has 2 atom stereocenters. The molecule has 1 aromatic carbocycles. The molecule has 0 aliphatic carbocycles. The summed E-state index contributed by atoms with van der Waals surface area (Å²) in [5.74, 6) is -0.718. The fourth-order valence-electron chi connectivity index (χ4n) is 4.78. The molecule has 1 amide bonds. The lowest BCUT2D eigenvalue weighted by Crippen LogP contribution is -2.54. The van der Waals surface area contributed by atoms with E-state index in [0.717, 1.165) is 12.3 Å². The fraction of sp³-hybridized carbons (Fsp3) is 0.320. The third-order valence-electron chi connectivity index (χ3n) is 6.45. The molecule has 15 heteroatoms. The lowest BCUT2D eigenvalue weighted by Gasteiger charge is -2.32. The number of carbonyl (C=O) groups excluding carboxylic acids is 2. The number of hydrogen-bond acceptors (Lipinski definition) is 9. The zero-order valence-electron chi connectivity index (χ0n) is 21.1. The van der Waals surface area contributed by atoms with E-state index < -0.39 is 36.0 Å². The van der Waals surface area contributed by atoms with Crippen LogP contribution >= 0.6 is 22.9 Å². The number of amides is 1. The normalized spacial score (nSPS) is 20.4. The van der Waals surface area contributed by atoms with E-state index in [-0.39, 0.29) is 30.3 Å². The van der Waals surface area contributed by atoms with Crippen molar-refractivity contribution in [3.05, 3.63) is 74.8 Å². The molecule has 210 valence electrons. The number of fused-ring (bicyclic) bond motifs is 1. The topological polar surface area (TPSA) is 111 Å². The van der Waals surface area contributed by atoms with Gasteiger partial charge in [0, 0.05) is 53.0 Å². The maximum atomic E-state index is 14.0. The number of alkyl halides is 2. The molecule has 0 spiro atoms. The Hall–Kier alpha value is -3.91. The van der Waals surface area contributed by atoms with Crippen LogP contribution in [-0.2, 0) is 14.3 Å². The number of amidine groups is 1. The van der Waals surface area contributed by atoms with Gasteiger partial charge in [-0.2, -0.15) is 13.9 Å². The maximum absolute atomic E-state index is 14.0. The minimum atomic E-state index is -2.89. The lowest BCUT2D eigenvalue weighted by atomic mass is 9.90. The van der Waals surface area contributed by atoms with Gasteiger partial charge in [0.2, 0.25) is 0 Å². The number of aliphatic imine (C=N–C) groups is 1. The van der Waals surface area contributed by atoms with Gasteiger partial charge in [-0.3, -0.25) is 9.79 Å². The molecule has 40 heavy (non-hydrogen) atoms. The highest BCUT2D eigenvalue weighted by atomic mass is 35.5. The molecule has 2 aliphatic rings. The van der Waals surface area contributed by atoms with E-state index in [0.29, 0.717) is 32.4 Å². The summed E-state index contributed by atoms with van der Waals surface area (Å²) >= 11 is 7.79. The number of nitrogens with one attached hydrogen (secondary N) is 1. The molecule has 0 radical (unpaired) electrons. The van der Waals surface area contributed by atoms with Crippen molar-refractivity contribution in [2.45, 2.75) is 31.5 Å². The van der Waals surface area contributed by atoms with E-state index in [1.165, 1.54) is 43.6 Å². The molecule has 10 nitrogen and oxygen atoms in total. The van der Waals surface area contributed by atoms with E-state index in [4.69, 9.17) is 26.1 Å². The number of hydrogen-bond donors (Lipinski definition) is 1. The molecule has 1 N–H and O–H groups in total. The Kier molecular flexibility index (Phi) is 7.55. The summed E-state index contributed by atoms with van der Waals surface area (Å²) in [6, 6.07) is 4.35. The van der Waals surface area contributed by atoms with Gasteiger partial charge >= 0.3 is 18.6 Å². The van der Waals surface area contributed by atoms with Crippen LogP contribution in [0.4, 0.5) is 18.0 Å². The molecule has 0 bridgehead atoms. The van der Waals surface area contributed by atoms with Gasteiger partial charge in [-0.05, 0) is 18.2 Å². The predicted molar refractivity (Wildman–Crippen MR) is 139 cm³/mol. The zero-order valence-corrected chi connectivity index (χ0v) is 22.7. The predicted octanol–water partition coefficient (Wildman–Crippen LogP) is 4.80. The minimum Gasteiger partial charge on any atom is -0.463 e. The van der Waals surface area contributed by atoms with Gasteiger partial charge in [0.05, 0.1) is 19.3 Å². The van der Waals surface area contributed by atoms with Crippen molar-refractivity contribution in [2.24, 2.45) is 4.99 Å². The molecule has 0 unspecified atom stereocenters. The van der Waals surface area contributed by atoms with Crippen LogP contribution in [0.5, 0.6) is 0 Å². The maximum Gasteiger partial charge on any atom is 0.407 e. The van der Waals surface area contributed by atoms with Gasteiger partial charge in [-0.15, -0.1) is 11.3 Å². The molecule has 5 rings (SSSR count). The molecule has 1 saturated heterocycles. The summed E-state index contributed by atoms with van der Waals surface area (Å²) in [6.45, 7) is -1.80. The number of aromatic nitrogens is 3. The standard InChI is InChI=1S/C25H22ClF3N6O4S/c1-13(36)39-12-25(32-24(37)38-2)10-18-19(17-5-7-35(33-17)23(28)29)20(15-4-3-14(27)9-16(15)26)31-21(34(18)11-25)22-30-6-8-40-22/h3-9,20,23H,10-12H2,1-2H3,(H,32,37)/t20-,25+/m0/s1. The van der Waals surface area contributed by atoms with Gasteiger partial charge in [0.25, 0.3) is 0 Å². The first-order valence-electron chi connectivity index (χ1n) is 11.9. The summed E-state index contributed by atoms with van der Waals surface area (Å²) in [7, 11) is 1.20. The second-order valence-electron chi connectivity index (χ2n) is 9.12. The van der Waals surface area contributed by atoms with Crippen LogP contribution in [-0.4, -0.2) is 63.4 Å². The van der Waals surface area contributed by atoms with Gasteiger partial charge in [-0.25, -0.2) is 18.9 Å². The van der Waals surface area contributed by atoms with E-state index in [1.54, 1.807) is 16.5 Å². The number of nitrogens with zero attached hydrogens (tertiary/aromatic N) is 5. The highest BCUT2D eigenvalue weighted by Crippen LogP contribution is 2.48. The number of halogens is 4. The molecular formula is C25H22ClF3N6O4S. The number of ether oxygens (including phenoxy) is 2. The van der Waals surface area contributed by atoms with E-state index in [2.05, 4.69) is 15.4 Å². The molecule has 2 aromatic heterocycles. The number of benzene rings is 1. The van der Waals surface area contributed by atoms with Crippen molar-refractivity contribution in [3.63, 3.8) is 0 Å². The lowest BCUT2D eigenvalue weighted by molar-refractivity contribution is -0.143. The Bertz CT molecular complexity index is 1510. The average Bonchev–Trinajstić information content (AvgIpc) is 3.67. The van der Waals surface area contributed by atoms with Crippen LogP contribution in [0.2, 0.25) is 5.02 Å². The number of thiazole rings is 1. The van der Waals surface area contributed by atoms with Crippen molar-refractivity contribution in [3.8, 4) is 0 Å². The molecule has 4 heterocycles. The molecule has 0 saturated carbocycles. The van der Waals surface area contributed by atoms with Crippen molar-refractivity contribution in [2.75, 3.05) is 20.3 Å². The molecule has 1 fully saturated rings. The number of carbonyl (C=O) groups is 2. The fourth-order valence-corrected chi connectivity index (χ4v) is 5.69. The Labute approximate surface area is 235 Å². The first-order valence-corrected chi connectivity index (χ1v) is 13.1. The Morgan fingerprint density at radius 1 is 1.32 bits per heavy atom. The first kappa shape index (κ1) is 27.6. The monoisotopic (exact) mass is 594 g/mol. The molecular weight excluding hydrogens is 573 g/mol. The molecule has 3 aromatic rings. The number of rotatable bonds is 7. The summed E-state index contributed by atoms with van der Waals surface area (Å²) < 4.78 is 51.8. The largest absolute Gasteiger partial charge is 0.463 e. The third-order valence-corrected chi connectivity index (χ3v) is 7.55. The highest BCUT2D eigenvalue weighted by Gasteiger charge is 2.49. The minimum absolute atomic E-state index is 0.0731. The number of esters is 1. The number of methoxy groups -OCH3 is 1. The summed E-state index contributed by atoms with van der Waals surface area (Å²) in [5, 5.41) is 9.23. The van der Waals surface area contributed by atoms with E-state index in [9.17, 15) is 22.8 Å². The van der Waals surface area contributed by atoms with Gasteiger partial charge in [0.1, 0.15) is 24.0 Å². The van der Waals surface area contributed by atoms with Crippen molar-refractivity contribution >= 4 is 46.4 Å². The number of alkyl carbamates (subject to hydrolysis) is 1. The summed E-state index contributed by atoms with van der Waals surface area (Å²) in [5.41, 5.74) is 0.348. The first-order chi connectivity index (χ1) is 19.1. The van der Waals surface area contributed by atoms with Gasteiger partial charge in [0.15, 0.2) is 10.8 Å². The second-order valence-corrected chi connectivity index (χ2v) is 10.4. The third kappa shape index (κ3) is 5.28. The average molecular weight is 595 g/mol. The SMILES string of the molecule is COC(=O)N[C@]1(COC(C)=O)CC2=C(c3ccn(C(F)F)n3)[C@H](c3ccc(F)cc3Cl)N=C(c3nccs3)N2C1. The Morgan fingerprint density at radius 3 is 2.75 bits per heavy atom. The van der Waals surface area contributed by atoms with Gasteiger partial charge in [-0.1, -0.05) is 17.7 Å². The van der Waals surface area contributed by atoms with Crippen molar-refractivity contribution in [1.82, 2.24) is 25.0 Å². The van der Waals surface area contributed by atoms with Crippen LogP contribution in [0.3, 0.4) is 0 Å². The summed E-state index contributed by atoms with van der Waals surface area (Å²) in [6.07, 6.45) is 2.05. The van der Waals surface area contributed by atoms with Crippen LogP contribution in [0.15, 0.2) is 52.7 Å². The highest BCUT2D eigenvalue weighted by molar-refractivity contribution is 7.11.